The quantitative estimate of drug-likeness (QED) is 0.418. The van der Waals surface area contributed by atoms with Crippen molar-refractivity contribution < 1.29 is 0 Å². The minimum absolute atomic E-state index is 1.28. The fourth-order valence-corrected chi connectivity index (χ4v) is 3.18. The van der Waals surface area contributed by atoms with Crippen molar-refractivity contribution in [3.8, 4) is 0 Å². The third-order valence-corrected chi connectivity index (χ3v) is 4.02. The molecule has 0 N–H and O–H groups in total. The van der Waals surface area contributed by atoms with Gasteiger partial charge in [0.2, 0.25) is 0 Å². The molecule has 3 aromatic heterocycles. The molecule has 0 amide bonds. The second kappa shape index (κ2) is 2.86. The maximum Gasteiger partial charge on any atom is 0.0528 e. The number of nitrogens with zero attached hydrogens (tertiary/aromatic N) is 1. The van der Waals surface area contributed by atoms with Gasteiger partial charge in [-0.15, -0.1) is 11.3 Å². The Balaban J connectivity index is 2.38. The average molecular weight is 223 g/mol. The molecule has 0 saturated heterocycles. The molecular formula is C14H9NS. The van der Waals surface area contributed by atoms with Gasteiger partial charge in [-0.1, -0.05) is 6.07 Å². The highest BCUT2D eigenvalue weighted by Gasteiger charge is 2.04. The summed E-state index contributed by atoms with van der Waals surface area (Å²) in [5.41, 5.74) is 1.28. The lowest BCUT2D eigenvalue weighted by molar-refractivity contribution is 1.22. The van der Waals surface area contributed by atoms with E-state index in [1.807, 2.05) is 0 Å². The van der Waals surface area contributed by atoms with Gasteiger partial charge in [0.15, 0.2) is 0 Å². The van der Waals surface area contributed by atoms with Crippen molar-refractivity contribution in [3.05, 3.63) is 54.2 Å². The second-order valence-corrected chi connectivity index (χ2v) is 4.92. The summed E-state index contributed by atoms with van der Waals surface area (Å²) in [7, 11) is 0. The Bertz CT molecular complexity index is 737. The molecule has 3 heterocycles. The standard InChI is InChI=1S/C14H9NS/c1-2-13-11-3-4-14-12(6-9-16-14)10(11)5-8-15(13)7-1/h1-9H. The van der Waals surface area contributed by atoms with Gasteiger partial charge in [0, 0.05) is 27.9 Å². The summed E-state index contributed by atoms with van der Waals surface area (Å²) in [6, 6.07) is 13.1. The lowest BCUT2D eigenvalue weighted by Crippen LogP contribution is -1.82. The van der Waals surface area contributed by atoms with Crippen LogP contribution in [0.2, 0.25) is 0 Å². The first-order chi connectivity index (χ1) is 7.93. The molecule has 0 saturated carbocycles. The molecule has 0 aliphatic heterocycles. The summed E-state index contributed by atoms with van der Waals surface area (Å²) >= 11 is 1.80. The summed E-state index contributed by atoms with van der Waals surface area (Å²) < 4.78 is 3.53. The highest BCUT2D eigenvalue weighted by molar-refractivity contribution is 7.17. The molecule has 0 spiro atoms. The van der Waals surface area contributed by atoms with Gasteiger partial charge in [0.05, 0.1) is 5.52 Å². The Morgan fingerprint density at radius 1 is 0.812 bits per heavy atom. The molecule has 1 nitrogen and oxygen atoms in total. The monoisotopic (exact) mass is 223 g/mol. The van der Waals surface area contributed by atoms with Crippen LogP contribution in [-0.4, -0.2) is 4.40 Å². The molecule has 0 unspecified atom stereocenters. The van der Waals surface area contributed by atoms with Crippen LogP contribution >= 0.6 is 11.3 Å². The van der Waals surface area contributed by atoms with Crippen molar-refractivity contribution in [2.75, 3.05) is 0 Å². The average Bonchev–Trinajstić information content (AvgIpc) is 2.96. The summed E-state index contributed by atoms with van der Waals surface area (Å²) in [4.78, 5) is 0. The highest BCUT2D eigenvalue weighted by Crippen LogP contribution is 2.31. The van der Waals surface area contributed by atoms with Gasteiger partial charge in [-0.3, -0.25) is 0 Å². The van der Waals surface area contributed by atoms with Crippen molar-refractivity contribution in [3.63, 3.8) is 0 Å². The van der Waals surface area contributed by atoms with Gasteiger partial charge in [-0.2, -0.15) is 0 Å². The predicted octanol–water partition coefficient (Wildman–Crippen LogP) is 4.31. The zero-order chi connectivity index (χ0) is 10.5. The molecule has 0 radical (unpaired) electrons. The first kappa shape index (κ1) is 8.36. The van der Waals surface area contributed by atoms with Crippen LogP contribution in [0, 0.1) is 0 Å². The molecule has 76 valence electrons. The number of thiophene rings is 1. The van der Waals surface area contributed by atoms with E-state index in [9.17, 15) is 0 Å². The maximum atomic E-state index is 2.23. The fourth-order valence-electron chi connectivity index (χ4n) is 2.38. The van der Waals surface area contributed by atoms with Crippen LogP contribution in [0.5, 0.6) is 0 Å². The van der Waals surface area contributed by atoms with Crippen LogP contribution < -0.4 is 0 Å². The molecule has 0 aliphatic carbocycles. The predicted molar refractivity (Wildman–Crippen MR) is 70.3 cm³/mol. The van der Waals surface area contributed by atoms with E-state index in [2.05, 4.69) is 58.6 Å². The molecular weight excluding hydrogens is 214 g/mol. The van der Waals surface area contributed by atoms with Crippen LogP contribution in [0.1, 0.15) is 0 Å². The summed E-state index contributed by atoms with van der Waals surface area (Å²) in [6.07, 6.45) is 4.22. The second-order valence-electron chi connectivity index (χ2n) is 3.98. The van der Waals surface area contributed by atoms with Crippen LogP contribution in [0.25, 0.3) is 26.4 Å². The first-order valence-electron chi connectivity index (χ1n) is 5.29. The van der Waals surface area contributed by atoms with E-state index < -0.39 is 0 Å². The van der Waals surface area contributed by atoms with E-state index in [1.165, 1.54) is 26.4 Å². The van der Waals surface area contributed by atoms with Crippen LogP contribution in [-0.2, 0) is 0 Å². The number of hydrogen-bond donors (Lipinski definition) is 0. The first-order valence-corrected chi connectivity index (χ1v) is 6.17. The zero-order valence-electron chi connectivity index (χ0n) is 8.55. The molecule has 0 bridgehead atoms. The fraction of sp³-hybridized carbons (Fsp3) is 0. The molecule has 2 heteroatoms. The number of fused-ring (bicyclic) bond motifs is 5. The Kier molecular flexibility index (Phi) is 1.50. The minimum atomic E-state index is 1.28. The maximum absolute atomic E-state index is 2.23. The van der Waals surface area contributed by atoms with E-state index in [0.717, 1.165) is 0 Å². The minimum Gasteiger partial charge on any atom is -0.323 e. The normalized spacial score (nSPS) is 11.8. The van der Waals surface area contributed by atoms with Gasteiger partial charge < -0.3 is 4.40 Å². The van der Waals surface area contributed by atoms with E-state index >= 15 is 0 Å². The van der Waals surface area contributed by atoms with Gasteiger partial charge >= 0.3 is 0 Å². The number of benzene rings is 1. The molecule has 1 aromatic carbocycles. The summed E-state index contributed by atoms with van der Waals surface area (Å²) in [5.74, 6) is 0. The van der Waals surface area contributed by atoms with E-state index in [0.29, 0.717) is 0 Å². The Hall–Kier alpha value is -1.80. The van der Waals surface area contributed by atoms with Crippen LogP contribution in [0.4, 0.5) is 0 Å². The Morgan fingerprint density at radius 3 is 2.81 bits per heavy atom. The van der Waals surface area contributed by atoms with E-state index in [-0.39, 0.29) is 0 Å². The molecule has 4 rings (SSSR count). The number of aromatic nitrogens is 1. The summed E-state index contributed by atoms with van der Waals surface area (Å²) in [5, 5.41) is 6.21. The van der Waals surface area contributed by atoms with E-state index in [1.54, 1.807) is 11.3 Å². The Labute approximate surface area is 96.6 Å². The van der Waals surface area contributed by atoms with Crippen molar-refractivity contribution in [2.45, 2.75) is 0 Å². The van der Waals surface area contributed by atoms with Gasteiger partial charge in [0.25, 0.3) is 0 Å². The zero-order valence-corrected chi connectivity index (χ0v) is 9.37. The van der Waals surface area contributed by atoms with Crippen molar-refractivity contribution in [1.29, 1.82) is 0 Å². The number of rotatable bonds is 0. The van der Waals surface area contributed by atoms with Gasteiger partial charge in [0.1, 0.15) is 0 Å². The van der Waals surface area contributed by atoms with Crippen LogP contribution in [0.3, 0.4) is 0 Å². The van der Waals surface area contributed by atoms with E-state index in [4.69, 9.17) is 0 Å². The molecule has 16 heavy (non-hydrogen) atoms. The van der Waals surface area contributed by atoms with Gasteiger partial charge in [-0.25, -0.2) is 0 Å². The number of hydrogen-bond acceptors (Lipinski definition) is 1. The van der Waals surface area contributed by atoms with Crippen LogP contribution in [0.15, 0.2) is 54.2 Å². The molecule has 4 aromatic rings. The largest absolute Gasteiger partial charge is 0.323 e. The third kappa shape index (κ3) is 0.947. The SMILES string of the molecule is c1cc2c3ccc4sccc4c3ccn2c1. The Morgan fingerprint density at radius 2 is 1.81 bits per heavy atom. The topological polar surface area (TPSA) is 4.41 Å². The highest BCUT2D eigenvalue weighted by atomic mass is 32.1. The van der Waals surface area contributed by atoms with Gasteiger partial charge in [-0.05, 0) is 41.1 Å². The third-order valence-electron chi connectivity index (χ3n) is 3.13. The summed E-state index contributed by atoms with van der Waals surface area (Å²) in [6.45, 7) is 0. The lowest BCUT2D eigenvalue weighted by Gasteiger charge is -2.03. The number of pyridine rings is 1. The van der Waals surface area contributed by atoms with Crippen molar-refractivity contribution >= 4 is 37.7 Å². The smallest absolute Gasteiger partial charge is 0.0528 e. The molecule has 0 aliphatic rings. The molecule has 0 atom stereocenters. The lowest BCUT2D eigenvalue weighted by atomic mass is 10.1. The van der Waals surface area contributed by atoms with Crippen molar-refractivity contribution in [2.24, 2.45) is 0 Å². The van der Waals surface area contributed by atoms with Crippen molar-refractivity contribution in [1.82, 2.24) is 4.40 Å². The molecule has 0 fully saturated rings.